The first kappa shape index (κ1) is 13.0. The molecule has 1 N–H and O–H groups in total. The average molecular weight is 244 g/mol. The van der Waals surface area contributed by atoms with Gasteiger partial charge in [0.25, 0.3) is 0 Å². The zero-order valence-electron chi connectivity index (χ0n) is 8.89. The van der Waals surface area contributed by atoms with Crippen molar-refractivity contribution in [3.63, 3.8) is 0 Å². The Morgan fingerprint density at radius 1 is 1.47 bits per heavy atom. The second kappa shape index (κ2) is 5.83. The lowest BCUT2D eigenvalue weighted by atomic mass is 10.1. The molecule has 92 valence electrons. The van der Waals surface area contributed by atoms with E-state index in [0.717, 1.165) is 12.2 Å². The van der Waals surface area contributed by atoms with Crippen LogP contribution in [0.2, 0.25) is 0 Å². The quantitative estimate of drug-likeness (QED) is 0.808. The number of para-hydroxylation sites is 1. The Kier molecular flexibility index (Phi) is 4.45. The number of methoxy groups -OCH3 is 1. The number of aliphatic carboxylic acids is 1. The number of ether oxygens (including phenoxy) is 2. The number of carboxylic acid groups (broad SMARTS) is 1. The maximum atomic E-state index is 12.2. The van der Waals surface area contributed by atoms with Crippen LogP contribution in [-0.2, 0) is 4.79 Å². The van der Waals surface area contributed by atoms with Gasteiger partial charge in [0.1, 0.15) is 0 Å². The summed E-state index contributed by atoms with van der Waals surface area (Å²) in [6.45, 7) is -3.01. The molecule has 0 fully saturated rings. The minimum Gasteiger partial charge on any atom is -0.493 e. The van der Waals surface area contributed by atoms with E-state index in [0.29, 0.717) is 0 Å². The summed E-state index contributed by atoms with van der Waals surface area (Å²) in [7, 11) is 1.30. The van der Waals surface area contributed by atoms with Gasteiger partial charge in [-0.2, -0.15) is 8.78 Å². The van der Waals surface area contributed by atoms with Crippen molar-refractivity contribution >= 4 is 12.0 Å². The van der Waals surface area contributed by atoms with Crippen LogP contribution >= 0.6 is 0 Å². The van der Waals surface area contributed by atoms with Crippen LogP contribution in [-0.4, -0.2) is 24.8 Å². The van der Waals surface area contributed by atoms with Gasteiger partial charge in [-0.25, -0.2) is 4.79 Å². The van der Waals surface area contributed by atoms with Crippen molar-refractivity contribution in [3.8, 4) is 11.5 Å². The van der Waals surface area contributed by atoms with Gasteiger partial charge >= 0.3 is 12.6 Å². The second-order valence-corrected chi connectivity index (χ2v) is 2.93. The lowest BCUT2D eigenvalue weighted by Crippen LogP contribution is -2.05. The van der Waals surface area contributed by atoms with E-state index in [1.165, 1.54) is 19.2 Å². The summed E-state index contributed by atoms with van der Waals surface area (Å²) in [4.78, 5) is 10.4. The summed E-state index contributed by atoms with van der Waals surface area (Å²) in [6, 6.07) is 4.42. The van der Waals surface area contributed by atoms with Gasteiger partial charge in [-0.1, -0.05) is 12.1 Å². The summed E-state index contributed by atoms with van der Waals surface area (Å²) in [5, 5.41) is 8.47. The molecule has 0 heterocycles. The van der Waals surface area contributed by atoms with Crippen LogP contribution in [0.5, 0.6) is 11.5 Å². The third-order valence-corrected chi connectivity index (χ3v) is 1.84. The molecule has 0 radical (unpaired) electrons. The van der Waals surface area contributed by atoms with Crippen molar-refractivity contribution in [1.82, 2.24) is 0 Å². The fourth-order valence-electron chi connectivity index (χ4n) is 1.20. The number of benzene rings is 1. The van der Waals surface area contributed by atoms with Gasteiger partial charge in [0, 0.05) is 11.6 Å². The minimum absolute atomic E-state index is 0.109. The first-order valence-corrected chi connectivity index (χ1v) is 4.57. The van der Waals surface area contributed by atoms with Crippen LogP contribution in [0.15, 0.2) is 24.3 Å². The highest BCUT2D eigenvalue weighted by atomic mass is 19.3. The van der Waals surface area contributed by atoms with Crippen LogP contribution in [0.4, 0.5) is 8.78 Å². The normalized spacial score (nSPS) is 10.8. The molecule has 0 aromatic heterocycles. The molecule has 0 saturated carbocycles. The Balaban J connectivity index is 3.14. The van der Waals surface area contributed by atoms with Crippen molar-refractivity contribution in [1.29, 1.82) is 0 Å². The van der Waals surface area contributed by atoms with Crippen molar-refractivity contribution in [2.24, 2.45) is 0 Å². The smallest absolute Gasteiger partial charge is 0.387 e. The van der Waals surface area contributed by atoms with E-state index in [2.05, 4.69) is 4.74 Å². The molecule has 1 aromatic carbocycles. The fraction of sp³-hybridized carbons (Fsp3) is 0.182. The molecular weight excluding hydrogens is 234 g/mol. The molecule has 0 spiro atoms. The van der Waals surface area contributed by atoms with Crippen molar-refractivity contribution in [2.45, 2.75) is 6.61 Å². The van der Waals surface area contributed by atoms with Gasteiger partial charge in [-0.3, -0.25) is 0 Å². The molecule has 0 saturated heterocycles. The fourth-order valence-corrected chi connectivity index (χ4v) is 1.20. The number of halogens is 2. The number of carboxylic acids is 1. The molecule has 0 unspecified atom stereocenters. The molecule has 0 bridgehead atoms. The maximum Gasteiger partial charge on any atom is 0.387 e. The lowest BCUT2D eigenvalue weighted by Gasteiger charge is -2.12. The molecule has 0 aliphatic rings. The highest BCUT2D eigenvalue weighted by molar-refractivity contribution is 5.86. The number of rotatable bonds is 5. The Hall–Kier alpha value is -2.11. The van der Waals surface area contributed by atoms with Gasteiger partial charge in [-0.15, -0.1) is 0 Å². The van der Waals surface area contributed by atoms with Crippen molar-refractivity contribution in [2.75, 3.05) is 7.11 Å². The van der Waals surface area contributed by atoms with Gasteiger partial charge in [0.15, 0.2) is 11.5 Å². The van der Waals surface area contributed by atoms with Crippen LogP contribution < -0.4 is 9.47 Å². The number of hydrogen-bond donors (Lipinski definition) is 1. The van der Waals surface area contributed by atoms with Gasteiger partial charge in [0.05, 0.1) is 7.11 Å². The molecule has 1 aromatic rings. The molecule has 0 amide bonds. The molecule has 17 heavy (non-hydrogen) atoms. The predicted octanol–water partition coefficient (Wildman–Crippen LogP) is 2.39. The number of hydrogen-bond acceptors (Lipinski definition) is 3. The topological polar surface area (TPSA) is 55.8 Å². The number of alkyl halides is 2. The largest absolute Gasteiger partial charge is 0.493 e. The molecule has 1 rings (SSSR count). The summed E-state index contributed by atoms with van der Waals surface area (Å²) in [5.41, 5.74) is 0.201. The van der Waals surface area contributed by atoms with Crippen LogP contribution in [0.1, 0.15) is 5.56 Å². The van der Waals surface area contributed by atoms with Gasteiger partial charge < -0.3 is 14.6 Å². The Labute approximate surface area is 96.1 Å². The zero-order chi connectivity index (χ0) is 12.8. The van der Waals surface area contributed by atoms with Gasteiger partial charge in [-0.05, 0) is 12.1 Å². The van der Waals surface area contributed by atoms with E-state index in [1.54, 1.807) is 6.07 Å². The van der Waals surface area contributed by atoms with Gasteiger partial charge in [0.2, 0.25) is 0 Å². The SMILES string of the molecule is COc1cccc(/C=C\C(=O)O)c1OC(F)F. The summed E-state index contributed by atoms with van der Waals surface area (Å²) >= 11 is 0. The molecule has 0 aliphatic carbocycles. The third-order valence-electron chi connectivity index (χ3n) is 1.84. The first-order valence-electron chi connectivity index (χ1n) is 4.57. The average Bonchev–Trinajstić information content (AvgIpc) is 2.26. The number of carbonyl (C=O) groups is 1. The summed E-state index contributed by atoms with van der Waals surface area (Å²) in [5.74, 6) is -1.27. The zero-order valence-corrected chi connectivity index (χ0v) is 8.89. The van der Waals surface area contributed by atoms with E-state index >= 15 is 0 Å². The summed E-state index contributed by atoms with van der Waals surface area (Å²) in [6.07, 6.45) is 1.98. The van der Waals surface area contributed by atoms with E-state index < -0.39 is 12.6 Å². The van der Waals surface area contributed by atoms with E-state index in [4.69, 9.17) is 9.84 Å². The molecular formula is C11H10F2O4. The third kappa shape index (κ3) is 3.75. The van der Waals surface area contributed by atoms with Crippen molar-refractivity contribution in [3.05, 3.63) is 29.8 Å². The molecule has 6 heteroatoms. The highest BCUT2D eigenvalue weighted by Gasteiger charge is 2.13. The van der Waals surface area contributed by atoms with Crippen LogP contribution in [0, 0.1) is 0 Å². The van der Waals surface area contributed by atoms with Crippen LogP contribution in [0.25, 0.3) is 6.08 Å². The second-order valence-electron chi connectivity index (χ2n) is 2.93. The monoisotopic (exact) mass is 244 g/mol. The standard InChI is InChI=1S/C11H10F2O4/c1-16-8-4-2-3-7(5-6-9(14)15)10(8)17-11(12)13/h2-6,11H,1H3,(H,14,15)/b6-5-. The highest BCUT2D eigenvalue weighted by Crippen LogP contribution is 2.33. The Morgan fingerprint density at radius 3 is 2.71 bits per heavy atom. The molecule has 0 aliphatic heterocycles. The summed E-state index contributed by atoms with van der Waals surface area (Å²) < 4.78 is 33.5. The van der Waals surface area contributed by atoms with E-state index in [9.17, 15) is 13.6 Å². The van der Waals surface area contributed by atoms with Crippen molar-refractivity contribution < 1.29 is 28.2 Å². The predicted molar refractivity (Wildman–Crippen MR) is 56.3 cm³/mol. The Morgan fingerprint density at radius 2 is 2.18 bits per heavy atom. The minimum atomic E-state index is -3.01. The first-order chi connectivity index (χ1) is 8.04. The van der Waals surface area contributed by atoms with Crippen LogP contribution in [0.3, 0.4) is 0 Å². The van der Waals surface area contributed by atoms with E-state index in [1.807, 2.05) is 0 Å². The maximum absolute atomic E-state index is 12.2. The molecule has 0 atom stereocenters. The lowest BCUT2D eigenvalue weighted by molar-refractivity contribution is -0.131. The molecule has 4 nitrogen and oxygen atoms in total. The van der Waals surface area contributed by atoms with E-state index in [-0.39, 0.29) is 17.1 Å². The Bertz CT molecular complexity index is 429.